The minimum atomic E-state index is -0.0981. The van der Waals surface area contributed by atoms with Crippen LogP contribution in [0.5, 0.6) is 0 Å². The summed E-state index contributed by atoms with van der Waals surface area (Å²) in [5.74, 6) is 0.705. The fourth-order valence-electron chi connectivity index (χ4n) is 7.89. The summed E-state index contributed by atoms with van der Waals surface area (Å²) < 4.78 is 6.10. The van der Waals surface area contributed by atoms with Gasteiger partial charge in [0.1, 0.15) is 11.2 Å². The van der Waals surface area contributed by atoms with E-state index in [1.54, 1.807) is 0 Å². The van der Waals surface area contributed by atoms with E-state index in [4.69, 9.17) is 19.4 Å². The Morgan fingerprint density at radius 2 is 1.10 bits per heavy atom. The predicted molar refractivity (Wildman–Crippen MR) is 212 cm³/mol. The van der Waals surface area contributed by atoms with E-state index in [1.165, 1.54) is 22.3 Å². The Kier molecular flexibility index (Phi) is 6.80. The SMILES string of the molecule is CC1(C)c2ccccc2-c2ccc(-c3cc(-c4ccc(-c5cccnc5-c5ccc6oc7ccccc7c6c5)cc4)nc(-c4ccccc4)n3)cc21. The summed E-state index contributed by atoms with van der Waals surface area (Å²) in [6, 6.07) is 55.2. The Bertz CT molecular complexity index is 2810. The van der Waals surface area contributed by atoms with Crippen LogP contribution in [0.4, 0.5) is 0 Å². The second kappa shape index (κ2) is 11.7. The fourth-order valence-corrected chi connectivity index (χ4v) is 7.89. The highest BCUT2D eigenvalue weighted by molar-refractivity contribution is 6.06. The molecule has 10 rings (SSSR count). The lowest BCUT2D eigenvalue weighted by Gasteiger charge is -2.22. The summed E-state index contributed by atoms with van der Waals surface area (Å²) in [4.78, 5) is 15.1. The lowest BCUT2D eigenvalue weighted by molar-refractivity contribution is 0.660. The van der Waals surface area contributed by atoms with Crippen molar-refractivity contribution in [1.29, 1.82) is 0 Å². The van der Waals surface area contributed by atoms with Crippen molar-refractivity contribution in [2.24, 2.45) is 0 Å². The van der Waals surface area contributed by atoms with Crippen molar-refractivity contribution in [2.45, 2.75) is 19.3 Å². The largest absolute Gasteiger partial charge is 0.456 e. The number of hydrogen-bond acceptors (Lipinski definition) is 4. The normalized spacial score (nSPS) is 13.0. The third-order valence-corrected chi connectivity index (χ3v) is 10.6. The molecule has 0 saturated carbocycles. The van der Waals surface area contributed by atoms with Crippen molar-refractivity contribution < 1.29 is 4.42 Å². The maximum atomic E-state index is 6.10. The van der Waals surface area contributed by atoms with Crippen LogP contribution in [0.1, 0.15) is 25.0 Å². The maximum Gasteiger partial charge on any atom is 0.160 e. The van der Waals surface area contributed by atoms with E-state index in [0.29, 0.717) is 5.82 Å². The van der Waals surface area contributed by atoms with Crippen molar-refractivity contribution in [3.63, 3.8) is 0 Å². The molecular formula is C48H33N3O. The van der Waals surface area contributed by atoms with Gasteiger partial charge in [0, 0.05) is 50.2 Å². The zero-order valence-corrected chi connectivity index (χ0v) is 28.8. The topological polar surface area (TPSA) is 51.8 Å². The average Bonchev–Trinajstić information content (AvgIpc) is 3.69. The van der Waals surface area contributed by atoms with Crippen LogP contribution in [-0.4, -0.2) is 15.0 Å². The molecule has 0 saturated heterocycles. The van der Waals surface area contributed by atoms with Gasteiger partial charge in [-0.15, -0.1) is 0 Å². The van der Waals surface area contributed by atoms with Gasteiger partial charge in [-0.2, -0.15) is 0 Å². The van der Waals surface area contributed by atoms with Gasteiger partial charge in [-0.1, -0.05) is 129 Å². The van der Waals surface area contributed by atoms with E-state index < -0.39 is 0 Å². The molecule has 4 heteroatoms. The van der Waals surface area contributed by atoms with Crippen LogP contribution in [-0.2, 0) is 5.41 Å². The van der Waals surface area contributed by atoms with Crippen LogP contribution < -0.4 is 0 Å². The molecule has 1 aliphatic rings. The first-order valence-electron chi connectivity index (χ1n) is 17.7. The van der Waals surface area contributed by atoms with E-state index in [0.717, 1.165) is 72.4 Å². The highest BCUT2D eigenvalue weighted by Crippen LogP contribution is 2.49. The molecule has 0 radical (unpaired) electrons. The Morgan fingerprint density at radius 3 is 1.96 bits per heavy atom. The quantitative estimate of drug-likeness (QED) is 0.183. The molecular weight excluding hydrogens is 635 g/mol. The Morgan fingerprint density at radius 1 is 0.442 bits per heavy atom. The number of fused-ring (bicyclic) bond motifs is 6. The lowest BCUT2D eigenvalue weighted by Crippen LogP contribution is -2.14. The van der Waals surface area contributed by atoms with E-state index in [2.05, 4.69) is 123 Å². The molecule has 1 aliphatic carbocycles. The van der Waals surface area contributed by atoms with Crippen LogP contribution in [0.15, 0.2) is 168 Å². The Labute approximate surface area is 302 Å². The second-order valence-corrected chi connectivity index (χ2v) is 14.0. The van der Waals surface area contributed by atoms with E-state index in [1.807, 2.05) is 54.7 Å². The molecule has 3 heterocycles. The Balaban J connectivity index is 1.05. The van der Waals surface area contributed by atoms with Crippen molar-refractivity contribution in [2.75, 3.05) is 0 Å². The minimum Gasteiger partial charge on any atom is -0.456 e. The molecule has 0 aliphatic heterocycles. The van der Waals surface area contributed by atoms with Gasteiger partial charge in [0.05, 0.1) is 17.1 Å². The number of rotatable bonds is 5. The molecule has 0 N–H and O–H groups in total. The zero-order chi connectivity index (χ0) is 34.8. The van der Waals surface area contributed by atoms with Crippen molar-refractivity contribution >= 4 is 21.9 Å². The molecule has 4 nitrogen and oxygen atoms in total. The summed E-state index contributed by atoms with van der Waals surface area (Å²) in [5.41, 5.74) is 16.0. The third-order valence-electron chi connectivity index (χ3n) is 10.6. The average molecular weight is 668 g/mol. The molecule has 0 amide bonds. The van der Waals surface area contributed by atoms with E-state index in [-0.39, 0.29) is 5.41 Å². The van der Waals surface area contributed by atoms with Gasteiger partial charge >= 0.3 is 0 Å². The summed E-state index contributed by atoms with van der Waals surface area (Å²) in [6.45, 7) is 4.63. The highest BCUT2D eigenvalue weighted by atomic mass is 16.3. The predicted octanol–water partition coefficient (Wildman–Crippen LogP) is 12.4. The molecule has 0 unspecified atom stereocenters. The molecule has 0 bridgehead atoms. The van der Waals surface area contributed by atoms with Crippen molar-refractivity contribution in [3.05, 3.63) is 175 Å². The second-order valence-electron chi connectivity index (χ2n) is 14.0. The van der Waals surface area contributed by atoms with Crippen LogP contribution in [0.3, 0.4) is 0 Å². The van der Waals surface area contributed by atoms with Crippen LogP contribution in [0, 0.1) is 0 Å². The van der Waals surface area contributed by atoms with Gasteiger partial charge in [-0.05, 0) is 70.3 Å². The number of aromatic nitrogens is 3. The first kappa shape index (κ1) is 30.2. The highest BCUT2D eigenvalue weighted by Gasteiger charge is 2.35. The molecule has 9 aromatic rings. The number of benzene rings is 6. The molecule has 52 heavy (non-hydrogen) atoms. The van der Waals surface area contributed by atoms with Gasteiger partial charge in [0.25, 0.3) is 0 Å². The van der Waals surface area contributed by atoms with Crippen LogP contribution in [0.25, 0.3) is 89.4 Å². The molecule has 0 atom stereocenters. The Hall–Kier alpha value is -6.65. The van der Waals surface area contributed by atoms with Gasteiger partial charge in [0.2, 0.25) is 0 Å². The van der Waals surface area contributed by atoms with E-state index in [9.17, 15) is 0 Å². The van der Waals surface area contributed by atoms with Gasteiger partial charge in [-0.25, -0.2) is 9.97 Å². The first-order chi connectivity index (χ1) is 25.5. The van der Waals surface area contributed by atoms with Gasteiger partial charge in [0.15, 0.2) is 5.82 Å². The number of hydrogen-bond donors (Lipinski definition) is 0. The summed E-state index contributed by atoms with van der Waals surface area (Å²) in [5, 5.41) is 2.19. The molecule has 0 fully saturated rings. The number of para-hydroxylation sites is 1. The zero-order valence-electron chi connectivity index (χ0n) is 28.8. The molecule has 0 spiro atoms. The van der Waals surface area contributed by atoms with Crippen LogP contribution >= 0.6 is 0 Å². The van der Waals surface area contributed by atoms with Gasteiger partial charge in [-0.3, -0.25) is 4.98 Å². The number of nitrogens with zero attached hydrogens (tertiary/aromatic N) is 3. The van der Waals surface area contributed by atoms with Gasteiger partial charge < -0.3 is 4.42 Å². The summed E-state index contributed by atoms with van der Waals surface area (Å²) in [6.07, 6.45) is 1.86. The van der Waals surface area contributed by atoms with Crippen molar-refractivity contribution in [3.8, 4) is 67.4 Å². The van der Waals surface area contributed by atoms with Crippen LogP contribution in [0.2, 0.25) is 0 Å². The van der Waals surface area contributed by atoms with E-state index >= 15 is 0 Å². The third kappa shape index (κ3) is 4.87. The molecule has 3 aromatic heterocycles. The molecule has 246 valence electrons. The molecule has 6 aromatic carbocycles. The monoisotopic (exact) mass is 667 g/mol. The standard InChI is InChI=1S/C48H33N3O/c1-48(2)40-16-8-6-13-36(40)37-24-22-33(28-41(37)48)43-29-42(50-47(51-43)32-11-4-3-5-12-32)31-20-18-30(19-21-31)35-15-10-26-49-46(35)34-23-25-45-39(27-34)38-14-7-9-17-44(38)52-45/h3-29H,1-2H3. The summed E-state index contributed by atoms with van der Waals surface area (Å²) in [7, 11) is 0. The lowest BCUT2D eigenvalue weighted by atomic mass is 9.82. The number of furan rings is 1. The first-order valence-corrected chi connectivity index (χ1v) is 17.7. The smallest absolute Gasteiger partial charge is 0.160 e. The van der Waals surface area contributed by atoms with Crippen molar-refractivity contribution in [1.82, 2.24) is 15.0 Å². The number of pyridine rings is 1. The maximum absolute atomic E-state index is 6.10. The fraction of sp³-hybridized carbons (Fsp3) is 0.0625. The minimum absolute atomic E-state index is 0.0981. The summed E-state index contributed by atoms with van der Waals surface area (Å²) >= 11 is 0.